The number of hydrogen-bond donors (Lipinski definition) is 2. The average molecular weight is 210 g/mol. The van der Waals surface area contributed by atoms with E-state index in [4.69, 9.17) is 5.73 Å². The van der Waals surface area contributed by atoms with E-state index in [1.54, 1.807) is 0 Å². The third-order valence-electron chi connectivity index (χ3n) is 4.74. The molecule has 0 heterocycles. The van der Waals surface area contributed by atoms with Crippen molar-refractivity contribution in [2.24, 2.45) is 11.1 Å². The van der Waals surface area contributed by atoms with Gasteiger partial charge in [-0.25, -0.2) is 0 Å². The van der Waals surface area contributed by atoms with E-state index >= 15 is 0 Å². The number of rotatable bonds is 5. The number of hydrogen-bond acceptors (Lipinski definition) is 2. The van der Waals surface area contributed by atoms with Gasteiger partial charge in [0, 0.05) is 18.6 Å². The van der Waals surface area contributed by atoms with Crippen LogP contribution in [-0.2, 0) is 0 Å². The molecule has 2 aliphatic rings. The summed E-state index contributed by atoms with van der Waals surface area (Å²) in [5.74, 6) is 0. The largest absolute Gasteiger partial charge is 0.324 e. The van der Waals surface area contributed by atoms with Crippen LogP contribution in [0.2, 0.25) is 0 Å². The van der Waals surface area contributed by atoms with E-state index in [1.165, 1.54) is 57.9 Å². The lowest BCUT2D eigenvalue weighted by Gasteiger charge is -2.42. The highest BCUT2D eigenvalue weighted by Crippen LogP contribution is 2.43. The van der Waals surface area contributed by atoms with Crippen LogP contribution in [0.15, 0.2) is 0 Å². The Balaban J connectivity index is 1.69. The summed E-state index contributed by atoms with van der Waals surface area (Å²) in [4.78, 5) is 0. The molecule has 0 saturated heterocycles. The van der Waals surface area contributed by atoms with Crippen LogP contribution in [0.4, 0.5) is 0 Å². The van der Waals surface area contributed by atoms with E-state index in [-0.39, 0.29) is 5.54 Å². The Morgan fingerprint density at radius 1 is 1.00 bits per heavy atom. The fraction of sp³-hybridized carbons (Fsp3) is 1.00. The molecule has 0 bridgehead atoms. The molecule has 0 aromatic carbocycles. The predicted molar refractivity (Wildman–Crippen MR) is 64.8 cm³/mol. The summed E-state index contributed by atoms with van der Waals surface area (Å²) in [6.45, 7) is 4.56. The van der Waals surface area contributed by atoms with Gasteiger partial charge < -0.3 is 11.1 Å². The van der Waals surface area contributed by atoms with Gasteiger partial charge in [-0.2, -0.15) is 0 Å². The van der Waals surface area contributed by atoms with Crippen LogP contribution in [0.1, 0.15) is 58.3 Å². The van der Waals surface area contributed by atoms with Crippen molar-refractivity contribution in [2.45, 2.75) is 63.8 Å². The fourth-order valence-electron chi connectivity index (χ4n) is 3.16. The molecule has 0 amide bonds. The highest BCUT2D eigenvalue weighted by molar-refractivity contribution is 4.94. The maximum absolute atomic E-state index is 6.33. The minimum Gasteiger partial charge on any atom is -0.324 e. The monoisotopic (exact) mass is 210 g/mol. The Bertz CT molecular complexity index is 195. The van der Waals surface area contributed by atoms with Crippen molar-refractivity contribution in [3.63, 3.8) is 0 Å². The number of nitrogens with one attached hydrogen (secondary N) is 1. The molecule has 0 aromatic heterocycles. The van der Waals surface area contributed by atoms with Gasteiger partial charge in [0.25, 0.3) is 0 Å². The molecule has 0 atom stereocenters. The van der Waals surface area contributed by atoms with Gasteiger partial charge >= 0.3 is 0 Å². The quantitative estimate of drug-likeness (QED) is 0.731. The van der Waals surface area contributed by atoms with Crippen molar-refractivity contribution in [3.8, 4) is 0 Å². The standard InChI is InChI=1S/C13H26N2/c1-2-12(6-5-7-12)10-15-11-13(14)8-3-4-9-13/h15H,2-11,14H2,1H3. The second-order valence-corrected chi connectivity index (χ2v) is 5.88. The van der Waals surface area contributed by atoms with Gasteiger partial charge in [-0.3, -0.25) is 0 Å². The highest BCUT2D eigenvalue weighted by atomic mass is 14.9. The maximum atomic E-state index is 6.33. The first-order valence-electron chi connectivity index (χ1n) is 6.68. The first-order valence-corrected chi connectivity index (χ1v) is 6.68. The van der Waals surface area contributed by atoms with Crippen LogP contribution >= 0.6 is 0 Å². The minimum atomic E-state index is 0.124. The molecular weight excluding hydrogens is 184 g/mol. The van der Waals surface area contributed by atoms with Crippen molar-refractivity contribution in [3.05, 3.63) is 0 Å². The van der Waals surface area contributed by atoms with Crippen LogP contribution in [0.25, 0.3) is 0 Å². The molecular formula is C13H26N2. The zero-order chi connectivity index (χ0) is 10.8. The summed E-state index contributed by atoms with van der Waals surface area (Å²) < 4.78 is 0. The van der Waals surface area contributed by atoms with E-state index < -0.39 is 0 Å². The van der Waals surface area contributed by atoms with Crippen molar-refractivity contribution < 1.29 is 0 Å². The zero-order valence-electron chi connectivity index (χ0n) is 10.1. The molecule has 15 heavy (non-hydrogen) atoms. The van der Waals surface area contributed by atoms with Gasteiger partial charge in [0.1, 0.15) is 0 Å². The van der Waals surface area contributed by atoms with E-state index in [2.05, 4.69) is 12.2 Å². The average Bonchev–Trinajstić information content (AvgIpc) is 2.58. The van der Waals surface area contributed by atoms with E-state index in [0.29, 0.717) is 5.41 Å². The lowest BCUT2D eigenvalue weighted by molar-refractivity contribution is 0.121. The third kappa shape index (κ3) is 2.54. The first kappa shape index (κ1) is 11.4. The Morgan fingerprint density at radius 3 is 2.13 bits per heavy atom. The topological polar surface area (TPSA) is 38.0 Å². The molecule has 2 heteroatoms. The molecule has 2 aliphatic carbocycles. The van der Waals surface area contributed by atoms with E-state index in [1.807, 2.05) is 0 Å². The molecule has 3 N–H and O–H groups in total. The summed E-state index contributed by atoms with van der Waals surface area (Å²) in [5.41, 5.74) is 7.08. The lowest BCUT2D eigenvalue weighted by Crippen LogP contribution is -2.49. The smallest absolute Gasteiger partial charge is 0.0280 e. The van der Waals surface area contributed by atoms with Gasteiger partial charge in [0.15, 0.2) is 0 Å². The van der Waals surface area contributed by atoms with Crippen molar-refractivity contribution in [1.82, 2.24) is 5.32 Å². The van der Waals surface area contributed by atoms with Crippen LogP contribution in [-0.4, -0.2) is 18.6 Å². The van der Waals surface area contributed by atoms with Gasteiger partial charge in [0.2, 0.25) is 0 Å². The highest BCUT2D eigenvalue weighted by Gasteiger charge is 2.35. The molecule has 0 radical (unpaired) electrons. The Kier molecular flexibility index (Phi) is 3.36. The van der Waals surface area contributed by atoms with Crippen LogP contribution < -0.4 is 11.1 Å². The SMILES string of the molecule is CCC1(CNCC2(N)CCCC2)CCC1. The molecule has 0 spiro atoms. The molecule has 88 valence electrons. The molecule has 2 nitrogen and oxygen atoms in total. The molecule has 2 rings (SSSR count). The summed E-state index contributed by atoms with van der Waals surface area (Å²) in [7, 11) is 0. The second-order valence-electron chi connectivity index (χ2n) is 5.88. The fourth-order valence-corrected chi connectivity index (χ4v) is 3.16. The van der Waals surface area contributed by atoms with Crippen LogP contribution in [0, 0.1) is 5.41 Å². The van der Waals surface area contributed by atoms with Crippen molar-refractivity contribution in [1.29, 1.82) is 0 Å². The normalized spacial score (nSPS) is 27.6. The second kappa shape index (κ2) is 4.42. The maximum Gasteiger partial charge on any atom is 0.0280 e. The number of nitrogens with two attached hydrogens (primary N) is 1. The van der Waals surface area contributed by atoms with Crippen molar-refractivity contribution in [2.75, 3.05) is 13.1 Å². The van der Waals surface area contributed by atoms with Crippen LogP contribution in [0.3, 0.4) is 0 Å². The summed E-state index contributed by atoms with van der Waals surface area (Å²) >= 11 is 0. The molecule has 0 aliphatic heterocycles. The Labute approximate surface area is 94.0 Å². The predicted octanol–water partition coefficient (Wildman–Crippen LogP) is 2.43. The third-order valence-corrected chi connectivity index (χ3v) is 4.74. The van der Waals surface area contributed by atoms with Gasteiger partial charge in [-0.1, -0.05) is 26.2 Å². The van der Waals surface area contributed by atoms with Crippen LogP contribution in [0.5, 0.6) is 0 Å². The summed E-state index contributed by atoms with van der Waals surface area (Å²) in [5, 5.41) is 3.64. The molecule has 0 unspecified atom stereocenters. The zero-order valence-corrected chi connectivity index (χ0v) is 10.1. The Morgan fingerprint density at radius 2 is 1.67 bits per heavy atom. The summed E-state index contributed by atoms with van der Waals surface area (Å²) in [6.07, 6.45) is 10.7. The van der Waals surface area contributed by atoms with Gasteiger partial charge in [-0.15, -0.1) is 0 Å². The molecule has 2 saturated carbocycles. The van der Waals surface area contributed by atoms with E-state index in [9.17, 15) is 0 Å². The molecule has 0 aromatic rings. The van der Waals surface area contributed by atoms with Crippen molar-refractivity contribution >= 4 is 0 Å². The van der Waals surface area contributed by atoms with Gasteiger partial charge in [-0.05, 0) is 37.5 Å². The minimum absolute atomic E-state index is 0.124. The Hall–Kier alpha value is -0.0800. The summed E-state index contributed by atoms with van der Waals surface area (Å²) in [6, 6.07) is 0. The first-order chi connectivity index (χ1) is 7.18. The van der Waals surface area contributed by atoms with Gasteiger partial charge in [0.05, 0.1) is 0 Å². The molecule has 2 fully saturated rings. The van der Waals surface area contributed by atoms with E-state index in [0.717, 1.165) is 6.54 Å². The lowest BCUT2D eigenvalue weighted by atomic mass is 9.67.